The molecule has 2 heterocycles. The highest BCUT2D eigenvalue weighted by Crippen LogP contribution is 2.24. The van der Waals surface area contributed by atoms with Crippen LogP contribution in [0.2, 0.25) is 10.4 Å². The van der Waals surface area contributed by atoms with Gasteiger partial charge in [0.05, 0.1) is 5.69 Å². The van der Waals surface area contributed by atoms with Crippen molar-refractivity contribution in [3.05, 3.63) is 21.7 Å². The quantitative estimate of drug-likeness (QED) is 0.604. The van der Waals surface area contributed by atoms with E-state index >= 15 is 0 Å². The Balaban J connectivity index is 2.20. The van der Waals surface area contributed by atoms with Crippen LogP contribution in [0.25, 0.3) is 0 Å². The summed E-state index contributed by atoms with van der Waals surface area (Å²) >= 11 is 11.9. The zero-order valence-corrected chi connectivity index (χ0v) is 11.0. The molecule has 1 aliphatic heterocycles. The lowest BCUT2D eigenvalue weighted by Crippen LogP contribution is -2.34. The first-order chi connectivity index (χ1) is 7.56. The Bertz CT molecular complexity index is 393. The summed E-state index contributed by atoms with van der Waals surface area (Å²) in [6, 6.07) is 0. The van der Waals surface area contributed by atoms with Crippen molar-refractivity contribution in [1.29, 1.82) is 0 Å². The van der Waals surface area contributed by atoms with Gasteiger partial charge in [-0.1, -0.05) is 25.4 Å². The van der Waals surface area contributed by atoms with Gasteiger partial charge >= 0.3 is 0 Å². The van der Waals surface area contributed by atoms with Crippen molar-refractivity contribution in [2.24, 2.45) is 5.92 Å². The number of nitrogens with zero attached hydrogens (tertiary/aromatic N) is 3. The lowest BCUT2D eigenvalue weighted by Gasteiger charge is -2.29. The van der Waals surface area contributed by atoms with E-state index < -0.39 is 0 Å². The summed E-state index contributed by atoms with van der Waals surface area (Å²) in [7, 11) is 0. The normalized spacial score (nSPS) is 16.6. The molecule has 0 radical (unpaired) electrons. The molecule has 0 N–H and O–H groups in total. The van der Waals surface area contributed by atoms with Gasteiger partial charge in [0.25, 0.3) is 0 Å². The van der Waals surface area contributed by atoms with Crippen molar-refractivity contribution in [3.8, 4) is 0 Å². The fraction of sp³-hybridized carbons (Fsp3) is 0.636. The van der Waals surface area contributed by atoms with Crippen molar-refractivity contribution in [2.45, 2.75) is 26.8 Å². The number of aromatic nitrogens is 2. The number of hydrogen-bond acceptors (Lipinski definition) is 3. The summed E-state index contributed by atoms with van der Waals surface area (Å²) < 4.78 is 0. The average Bonchev–Trinajstić information content (AvgIpc) is 2.15. The fourth-order valence-corrected chi connectivity index (χ4v) is 2.60. The highest BCUT2D eigenvalue weighted by atomic mass is 35.5. The third kappa shape index (κ3) is 2.65. The Morgan fingerprint density at radius 3 is 2.75 bits per heavy atom. The van der Waals surface area contributed by atoms with Crippen LogP contribution in [0.1, 0.15) is 25.1 Å². The highest BCUT2D eigenvalue weighted by Gasteiger charge is 2.21. The third-order valence-corrected chi connectivity index (χ3v) is 3.17. The number of hydrogen-bond donors (Lipinski definition) is 0. The van der Waals surface area contributed by atoms with Gasteiger partial charge in [0, 0.05) is 25.2 Å². The van der Waals surface area contributed by atoms with Crippen LogP contribution >= 0.6 is 23.2 Å². The Morgan fingerprint density at radius 1 is 1.31 bits per heavy atom. The molecule has 0 amide bonds. The monoisotopic (exact) mass is 259 g/mol. The zero-order chi connectivity index (χ0) is 11.7. The Morgan fingerprint density at radius 2 is 2.06 bits per heavy atom. The number of rotatable bonds is 2. The SMILES string of the molecule is CC(C)CN1CCc2c(Cl)nc(Cl)nc2C1. The Kier molecular flexibility index (Phi) is 3.67. The first-order valence-electron chi connectivity index (χ1n) is 5.49. The van der Waals surface area contributed by atoms with Gasteiger partial charge in [-0.15, -0.1) is 0 Å². The van der Waals surface area contributed by atoms with E-state index in [4.69, 9.17) is 23.2 Å². The second-order valence-corrected chi connectivity index (χ2v) is 5.28. The lowest BCUT2D eigenvalue weighted by atomic mass is 10.1. The van der Waals surface area contributed by atoms with Gasteiger partial charge in [-0.2, -0.15) is 0 Å². The smallest absolute Gasteiger partial charge is 0.224 e. The van der Waals surface area contributed by atoms with Crippen molar-refractivity contribution >= 4 is 23.2 Å². The summed E-state index contributed by atoms with van der Waals surface area (Å²) in [5.41, 5.74) is 2.04. The molecule has 0 saturated heterocycles. The lowest BCUT2D eigenvalue weighted by molar-refractivity contribution is 0.223. The summed E-state index contributed by atoms with van der Waals surface area (Å²) in [5, 5.41) is 0.759. The molecule has 0 atom stereocenters. The largest absolute Gasteiger partial charge is 0.297 e. The molecule has 0 unspecified atom stereocenters. The highest BCUT2D eigenvalue weighted by molar-refractivity contribution is 6.32. The summed E-state index contributed by atoms with van der Waals surface area (Å²) in [4.78, 5) is 10.6. The van der Waals surface area contributed by atoms with E-state index in [1.165, 1.54) is 0 Å². The number of halogens is 2. The standard InChI is InChI=1S/C11H15Cl2N3/c1-7(2)5-16-4-3-8-9(6-16)14-11(13)15-10(8)12/h7H,3-6H2,1-2H3. The molecule has 1 aromatic heterocycles. The Hall–Kier alpha value is -0.380. The first kappa shape index (κ1) is 12.1. The van der Waals surface area contributed by atoms with Crippen molar-refractivity contribution in [3.63, 3.8) is 0 Å². The molecule has 0 spiro atoms. The maximum absolute atomic E-state index is 6.05. The zero-order valence-electron chi connectivity index (χ0n) is 9.50. The van der Waals surface area contributed by atoms with Crippen LogP contribution in [-0.2, 0) is 13.0 Å². The minimum absolute atomic E-state index is 0.246. The van der Waals surface area contributed by atoms with Gasteiger partial charge in [0.1, 0.15) is 5.15 Å². The van der Waals surface area contributed by atoms with E-state index in [0.717, 1.165) is 37.3 Å². The molecule has 16 heavy (non-hydrogen) atoms. The number of fused-ring (bicyclic) bond motifs is 1. The second-order valence-electron chi connectivity index (χ2n) is 4.59. The van der Waals surface area contributed by atoms with E-state index in [2.05, 4.69) is 28.7 Å². The van der Waals surface area contributed by atoms with Crippen molar-refractivity contribution in [1.82, 2.24) is 14.9 Å². The molecule has 1 aliphatic rings. The minimum Gasteiger partial charge on any atom is -0.297 e. The summed E-state index contributed by atoms with van der Waals surface area (Å²) in [6.07, 6.45) is 0.915. The maximum Gasteiger partial charge on any atom is 0.224 e. The van der Waals surface area contributed by atoms with E-state index in [-0.39, 0.29) is 5.28 Å². The van der Waals surface area contributed by atoms with Gasteiger partial charge in [-0.05, 0) is 23.9 Å². The van der Waals surface area contributed by atoms with Crippen LogP contribution < -0.4 is 0 Å². The molecular formula is C11H15Cl2N3. The molecule has 0 aliphatic carbocycles. The first-order valence-corrected chi connectivity index (χ1v) is 6.25. The van der Waals surface area contributed by atoms with E-state index in [1.54, 1.807) is 0 Å². The van der Waals surface area contributed by atoms with E-state index in [0.29, 0.717) is 11.1 Å². The van der Waals surface area contributed by atoms with Crippen molar-refractivity contribution in [2.75, 3.05) is 13.1 Å². The van der Waals surface area contributed by atoms with Gasteiger partial charge in [0.15, 0.2) is 0 Å². The van der Waals surface area contributed by atoms with Crippen LogP contribution in [-0.4, -0.2) is 28.0 Å². The van der Waals surface area contributed by atoms with Crippen LogP contribution in [0.15, 0.2) is 0 Å². The van der Waals surface area contributed by atoms with Crippen LogP contribution in [0.5, 0.6) is 0 Å². The molecule has 0 fully saturated rings. The predicted molar refractivity (Wildman–Crippen MR) is 65.9 cm³/mol. The topological polar surface area (TPSA) is 29.0 Å². The molecule has 0 bridgehead atoms. The van der Waals surface area contributed by atoms with Crippen LogP contribution in [0.3, 0.4) is 0 Å². The van der Waals surface area contributed by atoms with Crippen LogP contribution in [0, 0.1) is 5.92 Å². The fourth-order valence-electron chi connectivity index (χ4n) is 2.08. The average molecular weight is 260 g/mol. The molecule has 88 valence electrons. The van der Waals surface area contributed by atoms with E-state index in [1.807, 2.05) is 0 Å². The van der Waals surface area contributed by atoms with Gasteiger partial charge in [-0.3, -0.25) is 4.90 Å². The van der Waals surface area contributed by atoms with Crippen LogP contribution in [0.4, 0.5) is 0 Å². The molecule has 0 aromatic carbocycles. The van der Waals surface area contributed by atoms with E-state index in [9.17, 15) is 0 Å². The summed E-state index contributed by atoms with van der Waals surface area (Å²) in [6.45, 7) is 7.37. The molecule has 2 rings (SSSR count). The van der Waals surface area contributed by atoms with Gasteiger partial charge < -0.3 is 0 Å². The molecule has 3 nitrogen and oxygen atoms in total. The molecule has 0 saturated carbocycles. The minimum atomic E-state index is 0.246. The van der Waals surface area contributed by atoms with Gasteiger partial charge in [0.2, 0.25) is 5.28 Å². The third-order valence-electron chi connectivity index (χ3n) is 2.69. The predicted octanol–water partition coefficient (Wildman–Crippen LogP) is 2.80. The Labute approximate surface area is 106 Å². The maximum atomic E-state index is 6.05. The molecule has 5 heteroatoms. The molecule has 1 aromatic rings. The molecular weight excluding hydrogens is 245 g/mol. The summed E-state index contributed by atoms with van der Waals surface area (Å²) in [5.74, 6) is 0.661. The van der Waals surface area contributed by atoms with Gasteiger partial charge in [-0.25, -0.2) is 9.97 Å². The van der Waals surface area contributed by atoms with Crippen molar-refractivity contribution < 1.29 is 0 Å². The second kappa shape index (κ2) is 4.86.